The highest BCUT2D eigenvalue weighted by atomic mass is 19.1. The number of ketones is 1. The molecule has 0 aliphatic carbocycles. The third kappa shape index (κ3) is 4.07. The number of carbonyl (C=O) groups excluding carboxylic acids is 2. The van der Waals surface area contributed by atoms with Crippen molar-refractivity contribution in [1.29, 1.82) is 0 Å². The van der Waals surface area contributed by atoms with Crippen LogP contribution in [0.3, 0.4) is 0 Å². The number of nitrogens with zero attached hydrogens (tertiary/aromatic N) is 1. The molecule has 2 aromatic carbocycles. The van der Waals surface area contributed by atoms with E-state index in [0.717, 1.165) is 13.1 Å². The minimum absolute atomic E-state index is 0.127. The van der Waals surface area contributed by atoms with E-state index in [2.05, 4.69) is 0 Å². The number of Topliss-reactive ketones (excluding diaryl/α,β-unsaturated/α-hetero) is 1. The maximum absolute atomic E-state index is 14.3. The highest BCUT2D eigenvalue weighted by molar-refractivity contribution is 6.35. The SMILES string of the molecule is CCOc1ccc(C(O)(CC(=O)C(=O)N(C)O)c2ccccc2F)cc1. The van der Waals surface area contributed by atoms with Crippen molar-refractivity contribution in [2.45, 2.75) is 18.9 Å². The van der Waals surface area contributed by atoms with Crippen LogP contribution in [0.4, 0.5) is 4.39 Å². The van der Waals surface area contributed by atoms with Crippen molar-refractivity contribution in [3.63, 3.8) is 0 Å². The molecule has 2 rings (SSSR count). The number of aliphatic hydroxyl groups is 1. The number of halogens is 1. The van der Waals surface area contributed by atoms with Gasteiger partial charge in [0.15, 0.2) is 0 Å². The minimum Gasteiger partial charge on any atom is -0.494 e. The van der Waals surface area contributed by atoms with E-state index in [1.165, 1.54) is 30.3 Å². The molecule has 2 N–H and O–H groups in total. The predicted molar refractivity (Wildman–Crippen MR) is 91.2 cm³/mol. The molecular weight excluding hydrogens is 341 g/mol. The fraction of sp³-hybridized carbons (Fsp3) is 0.263. The summed E-state index contributed by atoms with van der Waals surface area (Å²) in [7, 11) is 0.999. The third-order valence-electron chi connectivity index (χ3n) is 3.91. The van der Waals surface area contributed by atoms with Crippen molar-refractivity contribution in [3.05, 3.63) is 65.5 Å². The molecular formula is C19H20FNO5. The Morgan fingerprint density at radius 2 is 1.77 bits per heavy atom. The Balaban J connectivity index is 2.50. The molecule has 0 saturated carbocycles. The summed E-state index contributed by atoms with van der Waals surface area (Å²) in [4.78, 5) is 23.9. The van der Waals surface area contributed by atoms with E-state index in [9.17, 15) is 24.3 Å². The lowest BCUT2D eigenvalue weighted by Gasteiger charge is -2.29. The van der Waals surface area contributed by atoms with Crippen LogP contribution in [0.25, 0.3) is 0 Å². The van der Waals surface area contributed by atoms with Crippen molar-refractivity contribution in [3.8, 4) is 5.75 Å². The van der Waals surface area contributed by atoms with Crippen molar-refractivity contribution in [1.82, 2.24) is 5.06 Å². The summed E-state index contributed by atoms with van der Waals surface area (Å²) in [6.45, 7) is 2.27. The Hall–Kier alpha value is -2.77. The molecule has 138 valence electrons. The lowest BCUT2D eigenvalue weighted by atomic mass is 9.81. The van der Waals surface area contributed by atoms with E-state index < -0.39 is 29.5 Å². The Labute approximate surface area is 150 Å². The minimum atomic E-state index is -2.08. The lowest BCUT2D eigenvalue weighted by Crippen LogP contribution is -2.38. The molecule has 26 heavy (non-hydrogen) atoms. The summed E-state index contributed by atoms with van der Waals surface area (Å²) >= 11 is 0. The maximum atomic E-state index is 14.3. The molecule has 0 aliphatic rings. The molecule has 0 heterocycles. The van der Waals surface area contributed by atoms with Gasteiger partial charge in [-0.3, -0.25) is 14.8 Å². The van der Waals surface area contributed by atoms with E-state index in [0.29, 0.717) is 12.4 Å². The molecule has 0 spiro atoms. The summed E-state index contributed by atoms with van der Waals surface area (Å²) in [6, 6.07) is 11.6. The van der Waals surface area contributed by atoms with Gasteiger partial charge in [-0.15, -0.1) is 0 Å². The fourth-order valence-electron chi connectivity index (χ4n) is 2.63. The largest absolute Gasteiger partial charge is 0.494 e. The number of carbonyl (C=O) groups is 2. The second-order valence-electron chi connectivity index (χ2n) is 5.73. The maximum Gasteiger partial charge on any atom is 0.313 e. The zero-order chi connectivity index (χ0) is 19.3. The first-order valence-electron chi connectivity index (χ1n) is 8.00. The Morgan fingerprint density at radius 1 is 1.15 bits per heavy atom. The van der Waals surface area contributed by atoms with E-state index in [1.54, 1.807) is 12.1 Å². The average molecular weight is 361 g/mol. The molecule has 1 unspecified atom stereocenters. The predicted octanol–water partition coefficient (Wildman–Crippen LogP) is 2.27. The summed E-state index contributed by atoms with van der Waals surface area (Å²) in [5.74, 6) is -2.44. The topological polar surface area (TPSA) is 87.1 Å². The van der Waals surface area contributed by atoms with Gasteiger partial charge in [0, 0.05) is 12.6 Å². The number of hydroxylamine groups is 2. The first kappa shape index (κ1) is 19.6. The van der Waals surface area contributed by atoms with Crippen molar-refractivity contribution in [2.75, 3.05) is 13.7 Å². The Morgan fingerprint density at radius 3 is 2.31 bits per heavy atom. The van der Waals surface area contributed by atoms with Gasteiger partial charge >= 0.3 is 5.91 Å². The molecule has 1 amide bonds. The van der Waals surface area contributed by atoms with Crippen LogP contribution in [0, 0.1) is 5.82 Å². The number of benzene rings is 2. The second-order valence-corrected chi connectivity index (χ2v) is 5.73. The number of likely N-dealkylation sites (N-methyl/N-ethyl adjacent to an activating group) is 1. The molecule has 0 aliphatic heterocycles. The number of amides is 1. The third-order valence-corrected chi connectivity index (χ3v) is 3.91. The second kappa shape index (κ2) is 8.07. The molecule has 6 nitrogen and oxygen atoms in total. The summed E-state index contributed by atoms with van der Waals surface area (Å²) in [5.41, 5.74) is -2.02. The van der Waals surface area contributed by atoms with Gasteiger partial charge in [0.1, 0.15) is 17.2 Å². The number of hydrogen-bond donors (Lipinski definition) is 2. The van der Waals surface area contributed by atoms with Crippen LogP contribution < -0.4 is 4.74 Å². The normalized spacial score (nSPS) is 13.0. The zero-order valence-corrected chi connectivity index (χ0v) is 14.5. The Bertz CT molecular complexity index is 791. The van der Waals surface area contributed by atoms with Gasteiger partial charge < -0.3 is 9.84 Å². The highest BCUT2D eigenvalue weighted by Crippen LogP contribution is 2.35. The first-order valence-corrected chi connectivity index (χ1v) is 8.00. The van der Waals surface area contributed by atoms with Crippen molar-refractivity contribution >= 4 is 11.7 Å². The van der Waals surface area contributed by atoms with E-state index in [1.807, 2.05) is 6.92 Å². The summed E-state index contributed by atoms with van der Waals surface area (Å²) in [5, 5.41) is 20.5. The van der Waals surface area contributed by atoms with Gasteiger partial charge in [0.25, 0.3) is 0 Å². The van der Waals surface area contributed by atoms with E-state index in [-0.39, 0.29) is 16.2 Å². The van der Waals surface area contributed by atoms with Crippen LogP contribution in [0.1, 0.15) is 24.5 Å². The summed E-state index contributed by atoms with van der Waals surface area (Å²) < 4.78 is 19.7. The van der Waals surface area contributed by atoms with Gasteiger partial charge in [0.2, 0.25) is 5.78 Å². The van der Waals surface area contributed by atoms with Crippen LogP contribution in [0.5, 0.6) is 5.75 Å². The number of hydrogen-bond acceptors (Lipinski definition) is 5. The molecule has 1 atom stereocenters. The van der Waals surface area contributed by atoms with Crippen molar-refractivity contribution in [2.24, 2.45) is 0 Å². The monoisotopic (exact) mass is 361 g/mol. The Kier molecular flexibility index (Phi) is 6.07. The van der Waals surface area contributed by atoms with Gasteiger partial charge in [-0.25, -0.2) is 9.45 Å². The molecule has 0 bridgehead atoms. The molecule has 0 fully saturated rings. The van der Waals surface area contributed by atoms with Gasteiger partial charge in [-0.2, -0.15) is 0 Å². The number of ether oxygens (including phenoxy) is 1. The zero-order valence-electron chi connectivity index (χ0n) is 14.5. The summed E-state index contributed by atoms with van der Waals surface area (Å²) in [6.07, 6.45) is -0.731. The standard InChI is InChI=1S/C19H20FNO5/c1-3-26-14-10-8-13(9-11-14)19(24,12-17(22)18(23)21(2)25)15-6-4-5-7-16(15)20/h4-11,24-25H,3,12H2,1-2H3. The quantitative estimate of drug-likeness (QED) is 0.449. The molecule has 0 aromatic heterocycles. The van der Waals surface area contributed by atoms with E-state index in [4.69, 9.17) is 4.74 Å². The van der Waals surface area contributed by atoms with Gasteiger partial charge in [-0.1, -0.05) is 30.3 Å². The molecule has 0 saturated heterocycles. The van der Waals surface area contributed by atoms with Crippen LogP contribution in [0.2, 0.25) is 0 Å². The first-order chi connectivity index (χ1) is 12.3. The molecule has 2 aromatic rings. The van der Waals surface area contributed by atoms with Crippen molar-refractivity contribution < 1.29 is 29.0 Å². The lowest BCUT2D eigenvalue weighted by molar-refractivity contribution is -0.166. The van der Waals surface area contributed by atoms with Gasteiger partial charge in [-0.05, 0) is 30.7 Å². The van der Waals surface area contributed by atoms with Crippen LogP contribution in [-0.4, -0.2) is 40.7 Å². The molecule has 0 radical (unpaired) electrons. The van der Waals surface area contributed by atoms with E-state index >= 15 is 0 Å². The van der Waals surface area contributed by atoms with Gasteiger partial charge in [0.05, 0.1) is 13.0 Å². The van der Waals surface area contributed by atoms with Crippen LogP contribution in [-0.2, 0) is 15.2 Å². The fourth-order valence-corrected chi connectivity index (χ4v) is 2.63. The van der Waals surface area contributed by atoms with Crippen LogP contribution >= 0.6 is 0 Å². The average Bonchev–Trinajstić information content (AvgIpc) is 2.62. The van der Waals surface area contributed by atoms with Crippen LogP contribution in [0.15, 0.2) is 48.5 Å². The molecule has 7 heteroatoms. The highest BCUT2D eigenvalue weighted by Gasteiger charge is 2.38. The number of rotatable bonds is 7. The smallest absolute Gasteiger partial charge is 0.313 e.